The smallest absolute Gasteiger partial charge is 0.258 e. The van der Waals surface area contributed by atoms with E-state index in [1.165, 1.54) is 25.7 Å². The lowest BCUT2D eigenvalue weighted by atomic mass is 10.1. The maximum Gasteiger partial charge on any atom is 0.258 e. The monoisotopic (exact) mass is 273 g/mol. The summed E-state index contributed by atoms with van der Waals surface area (Å²) in [5.74, 6) is 0. The van der Waals surface area contributed by atoms with Crippen LogP contribution in [-0.4, -0.2) is 15.4 Å². The molecule has 0 saturated heterocycles. The first-order valence-corrected chi connectivity index (χ1v) is 7.41. The van der Waals surface area contributed by atoms with Crippen LogP contribution in [0.2, 0.25) is 0 Å². The number of aromatic nitrogens is 2. The van der Waals surface area contributed by atoms with Crippen LogP contribution in [0.4, 0.5) is 0 Å². The van der Waals surface area contributed by atoms with E-state index in [0.717, 1.165) is 5.69 Å². The van der Waals surface area contributed by atoms with Crippen molar-refractivity contribution < 1.29 is 0 Å². The first-order valence-electron chi connectivity index (χ1n) is 7.41. The molecule has 2 aromatic rings. The van der Waals surface area contributed by atoms with E-state index in [1.54, 1.807) is 16.7 Å². The van der Waals surface area contributed by atoms with Crippen LogP contribution in [0.3, 0.4) is 0 Å². The normalized spacial score (nSPS) is 12.7. The van der Waals surface area contributed by atoms with E-state index in [9.17, 15) is 4.79 Å². The summed E-state index contributed by atoms with van der Waals surface area (Å²) >= 11 is 0. The van der Waals surface area contributed by atoms with Crippen LogP contribution in [0, 0.1) is 0 Å². The number of hydrogen-bond acceptors (Lipinski definition) is 3. The summed E-state index contributed by atoms with van der Waals surface area (Å²) in [4.78, 5) is 16.5. The van der Waals surface area contributed by atoms with Crippen molar-refractivity contribution in [3.63, 3.8) is 0 Å². The molecule has 108 valence electrons. The van der Waals surface area contributed by atoms with Crippen molar-refractivity contribution in [1.29, 1.82) is 0 Å². The highest BCUT2D eigenvalue weighted by molar-refractivity contribution is 5.37. The fourth-order valence-electron chi connectivity index (χ4n) is 2.27. The van der Waals surface area contributed by atoms with Crippen LogP contribution in [-0.2, 0) is 6.54 Å². The van der Waals surface area contributed by atoms with Gasteiger partial charge in [0.05, 0.1) is 5.69 Å². The van der Waals surface area contributed by atoms with E-state index >= 15 is 0 Å². The summed E-state index contributed by atoms with van der Waals surface area (Å²) in [6.07, 6.45) is 6.69. The molecule has 20 heavy (non-hydrogen) atoms. The minimum absolute atomic E-state index is 0.0222. The Morgan fingerprint density at radius 1 is 1.35 bits per heavy atom. The molecule has 2 rings (SSSR count). The minimum Gasteiger partial charge on any atom is -0.309 e. The molecule has 1 unspecified atom stereocenters. The quantitative estimate of drug-likeness (QED) is 0.789. The van der Waals surface area contributed by atoms with Gasteiger partial charge in [0.1, 0.15) is 5.65 Å². The van der Waals surface area contributed by atoms with Gasteiger partial charge in [-0.25, -0.2) is 4.98 Å². The number of nitrogens with one attached hydrogen (secondary N) is 1. The van der Waals surface area contributed by atoms with Gasteiger partial charge >= 0.3 is 0 Å². The fraction of sp³-hybridized carbons (Fsp3) is 0.500. The topological polar surface area (TPSA) is 46.4 Å². The molecular weight excluding hydrogens is 250 g/mol. The molecule has 0 fully saturated rings. The van der Waals surface area contributed by atoms with Crippen molar-refractivity contribution in [3.8, 4) is 0 Å². The molecule has 0 amide bonds. The van der Waals surface area contributed by atoms with Gasteiger partial charge in [-0.2, -0.15) is 0 Å². The van der Waals surface area contributed by atoms with E-state index in [1.807, 2.05) is 18.2 Å². The molecule has 2 heterocycles. The van der Waals surface area contributed by atoms with Crippen LogP contribution in [0.1, 0.15) is 45.2 Å². The lowest BCUT2D eigenvalue weighted by Crippen LogP contribution is -2.27. The summed E-state index contributed by atoms with van der Waals surface area (Å²) in [5.41, 5.74) is 1.49. The van der Waals surface area contributed by atoms with Crippen molar-refractivity contribution in [1.82, 2.24) is 14.7 Å². The van der Waals surface area contributed by atoms with Crippen LogP contribution in [0.5, 0.6) is 0 Å². The molecule has 0 saturated carbocycles. The third-order valence-corrected chi connectivity index (χ3v) is 3.50. The molecule has 1 atom stereocenters. The number of pyridine rings is 1. The van der Waals surface area contributed by atoms with Crippen molar-refractivity contribution in [2.45, 2.75) is 52.1 Å². The molecule has 0 aliphatic rings. The highest BCUT2D eigenvalue weighted by Crippen LogP contribution is 2.04. The van der Waals surface area contributed by atoms with Gasteiger partial charge < -0.3 is 5.32 Å². The lowest BCUT2D eigenvalue weighted by molar-refractivity contribution is 0.484. The molecule has 0 spiro atoms. The Hall–Kier alpha value is -1.68. The van der Waals surface area contributed by atoms with E-state index in [2.05, 4.69) is 24.1 Å². The molecular formula is C16H23N3O. The predicted octanol–water partition coefficient (Wildman–Crippen LogP) is 2.75. The second-order valence-electron chi connectivity index (χ2n) is 5.29. The van der Waals surface area contributed by atoms with Gasteiger partial charge in [-0.15, -0.1) is 0 Å². The second-order valence-corrected chi connectivity index (χ2v) is 5.29. The number of unbranched alkanes of at least 4 members (excludes halogenated alkanes) is 2. The van der Waals surface area contributed by atoms with Crippen molar-refractivity contribution in [3.05, 3.63) is 46.5 Å². The average molecular weight is 273 g/mol. The summed E-state index contributed by atoms with van der Waals surface area (Å²) in [5, 5.41) is 3.44. The van der Waals surface area contributed by atoms with Gasteiger partial charge in [-0.05, 0) is 25.5 Å². The molecule has 0 aliphatic carbocycles. The zero-order chi connectivity index (χ0) is 14.4. The zero-order valence-corrected chi connectivity index (χ0v) is 12.3. The Morgan fingerprint density at radius 3 is 3.00 bits per heavy atom. The maximum atomic E-state index is 12.0. The summed E-state index contributed by atoms with van der Waals surface area (Å²) in [7, 11) is 0. The zero-order valence-electron chi connectivity index (χ0n) is 12.3. The molecule has 2 aromatic heterocycles. The molecule has 0 radical (unpaired) electrons. The standard InChI is InChI=1S/C16H23N3O/c1-3-4-5-8-13(2)17-12-14-11-16(20)19-10-7-6-9-15(19)18-14/h6-7,9-11,13,17H,3-5,8,12H2,1-2H3. The Balaban J connectivity index is 1.98. The average Bonchev–Trinajstić information content (AvgIpc) is 2.45. The van der Waals surface area contributed by atoms with Crippen molar-refractivity contribution >= 4 is 5.65 Å². The van der Waals surface area contributed by atoms with Gasteiger partial charge in [0, 0.05) is 24.8 Å². The van der Waals surface area contributed by atoms with Crippen molar-refractivity contribution in [2.24, 2.45) is 0 Å². The molecule has 0 bridgehead atoms. The van der Waals surface area contributed by atoms with Crippen LogP contribution < -0.4 is 10.9 Å². The number of nitrogens with zero attached hydrogens (tertiary/aromatic N) is 2. The van der Waals surface area contributed by atoms with E-state index in [4.69, 9.17) is 0 Å². The highest BCUT2D eigenvalue weighted by atomic mass is 16.1. The van der Waals surface area contributed by atoms with E-state index in [-0.39, 0.29) is 5.56 Å². The Kier molecular flexibility index (Phi) is 5.30. The van der Waals surface area contributed by atoms with Gasteiger partial charge in [-0.3, -0.25) is 9.20 Å². The largest absolute Gasteiger partial charge is 0.309 e. The van der Waals surface area contributed by atoms with Crippen LogP contribution >= 0.6 is 0 Å². The molecule has 0 aliphatic heterocycles. The second kappa shape index (κ2) is 7.20. The highest BCUT2D eigenvalue weighted by Gasteiger charge is 2.04. The molecule has 4 heteroatoms. The SMILES string of the molecule is CCCCCC(C)NCc1cc(=O)n2ccccc2n1. The first-order chi connectivity index (χ1) is 9.70. The van der Waals surface area contributed by atoms with E-state index in [0.29, 0.717) is 18.2 Å². The maximum absolute atomic E-state index is 12.0. The Labute approximate surface area is 119 Å². The number of rotatable bonds is 7. The minimum atomic E-state index is -0.0222. The van der Waals surface area contributed by atoms with Crippen LogP contribution in [0.25, 0.3) is 5.65 Å². The summed E-state index contributed by atoms with van der Waals surface area (Å²) < 4.78 is 1.56. The van der Waals surface area contributed by atoms with Gasteiger partial charge in [0.15, 0.2) is 0 Å². The predicted molar refractivity (Wildman–Crippen MR) is 81.9 cm³/mol. The van der Waals surface area contributed by atoms with Gasteiger partial charge in [-0.1, -0.05) is 32.3 Å². The first kappa shape index (κ1) is 14.7. The third-order valence-electron chi connectivity index (χ3n) is 3.50. The number of fused-ring (bicyclic) bond motifs is 1. The Morgan fingerprint density at radius 2 is 2.20 bits per heavy atom. The molecule has 0 aromatic carbocycles. The van der Waals surface area contributed by atoms with Crippen molar-refractivity contribution in [2.75, 3.05) is 0 Å². The summed E-state index contributed by atoms with van der Waals surface area (Å²) in [6.45, 7) is 5.04. The van der Waals surface area contributed by atoms with Crippen LogP contribution in [0.15, 0.2) is 35.3 Å². The molecule has 4 nitrogen and oxygen atoms in total. The Bertz CT molecular complexity index is 606. The number of hydrogen-bond donors (Lipinski definition) is 1. The lowest BCUT2D eigenvalue weighted by Gasteiger charge is -2.13. The van der Waals surface area contributed by atoms with Gasteiger partial charge in [0.25, 0.3) is 5.56 Å². The van der Waals surface area contributed by atoms with E-state index < -0.39 is 0 Å². The van der Waals surface area contributed by atoms with Gasteiger partial charge in [0.2, 0.25) is 0 Å². The third kappa shape index (κ3) is 3.90. The molecule has 1 N–H and O–H groups in total. The summed E-state index contributed by atoms with van der Waals surface area (Å²) in [6, 6.07) is 7.65. The fourth-order valence-corrected chi connectivity index (χ4v) is 2.27.